The van der Waals surface area contributed by atoms with Gasteiger partial charge in [-0.05, 0) is 52.2 Å². The van der Waals surface area contributed by atoms with Crippen molar-refractivity contribution in [1.82, 2.24) is 10.2 Å². The summed E-state index contributed by atoms with van der Waals surface area (Å²) in [6.07, 6.45) is 3.16. The van der Waals surface area contributed by atoms with E-state index in [1.807, 2.05) is 0 Å². The van der Waals surface area contributed by atoms with Gasteiger partial charge in [0.2, 0.25) is 0 Å². The maximum atomic E-state index is 14.1. The molecule has 1 aromatic carbocycles. The molecule has 1 N–H and O–H groups in total. The minimum atomic E-state index is -0.220. The molecule has 0 bridgehead atoms. The van der Waals surface area contributed by atoms with E-state index < -0.39 is 0 Å². The minimum Gasteiger partial charge on any atom is -0.372 e. The van der Waals surface area contributed by atoms with Crippen LogP contribution in [0.4, 0.5) is 4.39 Å². The number of benzene rings is 1. The van der Waals surface area contributed by atoms with E-state index in [9.17, 15) is 4.39 Å². The van der Waals surface area contributed by atoms with Crippen LogP contribution in [0.3, 0.4) is 0 Å². The normalized spacial score (nSPS) is 23.8. The molecule has 2 atom stereocenters. The van der Waals surface area contributed by atoms with Gasteiger partial charge in [0.25, 0.3) is 0 Å². The zero-order chi connectivity index (χ0) is 18.9. The number of likely N-dealkylation sites (tertiary alicyclic amines) is 1. The van der Waals surface area contributed by atoms with Gasteiger partial charge in [0.05, 0.1) is 11.7 Å². The first-order valence-electron chi connectivity index (χ1n) is 9.38. The van der Waals surface area contributed by atoms with E-state index in [1.54, 1.807) is 19.2 Å². The molecule has 0 amide bonds. The van der Waals surface area contributed by atoms with Crippen molar-refractivity contribution in [2.45, 2.75) is 63.7 Å². The highest BCUT2D eigenvalue weighted by molar-refractivity contribution is 14.0. The molecule has 2 aliphatic rings. The highest BCUT2D eigenvalue weighted by atomic mass is 127. The average molecular weight is 510 g/mol. The number of nitrogens with one attached hydrogen (secondary N) is 1. The molecule has 2 unspecified atom stereocenters. The van der Waals surface area contributed by atoms with E-state index in [-0.39, 0.29) is 47.4 Å². The maximum Gasteiger partial charge on any atom is 0.193 e. The Balaban J connectivity index is 0.00000261. The summed E-state index contributed by atoms with van der Waals surface area (Å²) in [7, 11) is 1.80. The number of hydrogen-bond acceptors (Lipinski definition) is 2. The quantitative estimate of drug-likeness (QED) is 0.361. The fraction of sp³-hybridized carbons (Fsp3) is 0.650. The van der Waals surface area contributed by atoms with Crippen molar-refractivity contribution in [3.63, 3.8) is 0 Å². The lowest BCUT2D eigenvalue weighted by Crippen LogP contribution is -2.48. The van der Waals surface area contributed by atoms with Crippen molar-refractivity contribution < 1.29 is 9.13 Å². The third-order valence-electron chi connectivity index (χ3n) is 4.95. The van der Waals surface area contributed by atoms with Crippen LogP contribution in [0.1, 0.15) is 51.5 Å². The third kappa shape index (κ3) is 5.94. The van der Waals surface area contributed by atoms with Crippen molar-refractivity contribution in [2.24, 2.45) is 4.99 Å². The van der Waals surface area contributed by atoms with Crippen LogP contribution >= 0.6 is 35.6 Å². The van der Waals surface area contributed by atoms with Crippen molar-refractivity contribution in [3.8, 4) is 0 Å². The van der Waals surface area contributed by atoms with E-state index in [0.29, 0.717) is 16.7 Å². The summed E-state index contributed by atoms with van der Waals surface area (Å²) >= 11 is 6.20. The molecule has 3 rings (SSSR count). The Bertz CT molecular complexity index is 651. The second-order valence-electron chi connectivity index (χ2n) is 8.19. The number of nitrogens with zero attached hydrogens (tertiary/aromatic N) is 2. The number of ether oxygens (including phenoxy) is 1. The zero-order valence-electron chi connectivity index (χ0n) is 16.5. The molecular formula is C20H30ClFIN3O. The summed E-state index contributed by atoms with van der Waals surface area (Å²) in [4.78, 5) is 6.69. The number of piperidine rings is 1. The van der Waals surface area contributed by atoms with Gasteiger partial charge in [-0.3, -0.25) is 4.99 Å². The van der Waals surface area contributed by atoms with Crippen molar-refractivity contribution in [2.75, 3.05) is 20.1 Å². The molecule has 27 heavy (non-hydrogen) atoms. The molecule has 0 aromatic heterocycles. The first-order chi connectivity index (χ1) is 12.3. The van der Waals surface area contributed by atoms with Crippen LogP contribution in [-0.2, 0) is 4.74 Å². The topological polar surface area (TPSA) is 36.9 Å². The SMILES string of the molecule is CN=C(NC1CC1c1c(F)cccc1Cl)N1CCC(OC(C)(C)C)CC1.I. The predicted molar refractivity (Wildman–Crippen MR) is 120 cm³/mol. The van der Waals surface area contributed by atoms with Gasteiger partial charge in [-0.15, -0.1) is 24.0 Å². The van der Waals surface area contributed by atoms with Gasteiger partial charge in [-0.1, -0.05) is 17.7 Å². The smallest absolute Gasteiger partial charge is 0.193 e. The van der Waals surface area contributed by atoms with E-state index in [1.165, 1.54) is 6.07 Å². The van der Waals surface area contributed by atoms with Crippen LogP contribution in [0.15, 0.2) is 23.2 Å². The second kappa shape index (κ2) is 9.27. The molecule has 1 aliphatic carbocycles. The Morgan fingerprint density at radius 3 is 2.52 bits per heavy atom. The molecular weight excluding hydrogens is 480 g/mol. The summed E-state index contributed by atoms with van der Waals surface area (Å²) in [6.45, 7) is 8.12. The zero-order valence-corrected chi connectivity index (χ0v) is 19.6. The van der Waals surface area contributed by atoms with Crippen molar-refractivity contribution in [3.05, 3.63) is 34.6 Å². The molecule has 1 heterocycles. The van der Waals surface area contributed by atoms with E-state index >= 15 is 0 Å². The summed E-state index contributed by atoms with van der Waals surface area (Å²) in [5, 5.41) is 3.99. The van der Waals surface area contributed by atoms with Crippen LogP contribution in [-0.4, -0.2) is 48.7 Å². The molecule has 152 valence electrons. The summed E-state index contributed by atoms with van der Waals surface area (Å²) in [6, 6.07) is 5.07. The Morgan fingerprint density at radius 2 is 1.96 bits per heavy atom. The van der Waals surface area contributed by atoms with Crippen LogP contribution < -0.4 is 5.32 Å². The number of halogens is 3. The maximum absolute atomic E-state index is 14.1. The fourth-order valence-electron chi connectivity index (χ4n) is 3.69. The monoisotopic (exact) mass is 509 g/mol. The van der Waals surface area contributed by atoms with Gasteiger partial charge in [-0.2, -0.15) is 0 Å². The van der Waals surface area contributed by atoms with Crippen molar-refractivity contribution in [1.29, 1.82) is 0 Å². The second-order valence-corrected chi connectivity index (χ2v) is 8.60. The Kier molecular flexibility index (Phi) is 7.78. The van der Waals surface area contributed by atoms with Gasteiger partial charge in [0.15, 0.2) is 5.96 Å². The van der Waals surface area contributed by atoms with E-state index in [2.05, 4.69) is 36.0 Å². The molecule has 1 aromatic rings. The largest absolute Gasteiger partial charge is 0.372 e. The molecule has 1 saturated carbocycles. The molecule has 7 heteroatoms. The first kappa shape index (κ1) is 22.7. The Hall–Kier alpha value is -0.600. The minimum absolute atomic E-state index is 0. The molecule has 0 spiro atoms. The summed E-state index contributed by atoms with van der Waals surface area (Å²) < 4.78 is 20.2. The highest BCUT2D eigenvalue weighted by Crippen LogP contribution is 2.45. The van der Waals surface area contributed by atoms with Crippen LogP contribution in [0.5, 0.6) is 0 Å². The molecule has 2 fully saturated rings. The lowest BCUT2D eigenvalue weighted by atomic mass is 10.1. The lowest BCUT2D eigenvalue weighted by Gasteiger charge is -2.37. The number of hydrogen-bond donors (Lipinski definition) is 1. The van der Waals surface area contributed by atoms with E-state index in [4.69, 9.17) is 16.3 Å². The third-order valence-corrected chi connectivity index (χ3v) is 5.28. The predicted octanol–water partition coefficient (Wildman–Crippen LogP) is 4.81. The average Bonchev–Trinajstić information content (AvgIpc) is 3.31. The van der Waals surface area contributed by atoms with Gasteiger partial charge in [-0.25, -0.2) is 4.39 Å². The number of guanidine groups is 1. The Morgan fingerprint density at radius 1 is 1.30 bits per heavy atom. The van der Waals surface area contributed by atoms with Crippen molar-refractivity contribution >= 4 is 41.5 Å². The fourth-order valence-corrected chi connectivity index (χ4v) is 3.99. The Labute approximate surface area is 183 Å². The lowest BCUT2D eigenvalue weighted by molar-refractivity contribution is -0.0772. The van der Waals surface area contributed by atoms with Gasteiger partial charge in [0, 0.05) is 42.7 Å². The van der Waals surface area contributed by atoms with Crippen LogP contribution in [0.2, 0.25) is 5.02 Å². The number of rotatable bonds is 3. The first-order valence-corrected chi connectivity index (χ1v) is 9.76. The van der Waals surface area contributed by atoms with Gasteiger partial charge < -0.3 is 15.0 Å². The molecule has 0 radical (unpaired) electrons. The van der Waals surface area contributed by atoms with E-state index in [0.717, 1.165) is 38.3 Å². The molecule has 1 aliphatic heterocycles. The van der Waals surface area contributed by atoms with Gasteiger partial charge >= 0.3 is 0 Å². The molecule has 1 saturated heterocycles. The van der Waals surface area contributed by atoms with Gasteiger partial charge in [0.1, 0.15) is 5.82 Å². The standard InChI is InChI=1S/C20H29ClFN3O.HI/c1-20(2,3)26-13-8-10-25(11-9-13)19(23-4)24-17-12-14(17)18-15(21)6-5-7-16(18)22;/h5-7,13-14,17H,8-12H2,1-4H3,(H,23,24);1H. The summed E-state index contributed by atoms with van der Waals surface area (Å²) in [5.41, 5.74) is 0.520. The molecule has 4 nitrogen and oxygen atoms in total. The summed E-state index contributed by atoms with van der Waals surface area (Å²) in [5.74, 6) is 0.781. The number of aliphatic imine (C=N–C) groups is 1. The van der Waals surface area contributed by atoms with Crippen LogP contribution in [0, 0.1) is 5.82 Å². The van der Waals surface area contributed by atoms with Crippen LogP contribution in [0.25, 0.3) is 0 Å². The highest BCUT2D eigenvalue weighted by Gasteiger charge is 2.42.